The van der Waals surface area contributed by atoms with Crippen molar-refractivity contribution in [3.63, 3.8) is 0 Å². The lowest BCUT2D eigenvalue weighted by molar-refractivity contribution is -0.141. The minimum absolute atomic E-state index is 0.00250. The number of hydrogen-bond acceptors (Lipinski definition) is 4. The number of carbonyl (C=O) groups excluding carboxylic acids is 3. The molecule has 1 N–H and O–H groups in total. The molecule has 2 heterocycles. The minimum atomic E-state index is -0.404. The molecule has 1 unspecified atom stereocenters. The van der Waals surface area contributed by atoms with E-state index >= 15 is 0 Å². The summed E-state index contributed by atoms with van der Waals surface area (Å²) in [4.78, 5) is 39.3. The highest BCUT2D eigenvalue weighted by Gasteiger charge is 2.33. The lowest BCUT2D eigenvalue weighted by atomic mass is 10.2. The van der Waals surface area contributed by atoms with Gasteiger partial charge < -0.3 is 19.9 Å². The number of ether oxygens (including phenoxy) is 1. The van der Waals surface area contributed by atoms with Crippen molar-refractivity contribution >= 4 is 17.7 Å². The summed E-state index contributed by atoms with van der Waals surface area (Å²) in [6, 6.07) is 7.17. The van der Waals surface area contributed by atoms with Crippen LogP contribution < -0.4 is 10.1 Å². The van der Waals surface area contributed by atoms with Crippen LogP contribution in [0.5, 0.6) is 5.75 Å². The second kappa shape index (κ2) is 7.55. The molecule has 0 bridgehead atoms. The Morgan fingerprint density at radius 1 is 1.16 bits per heavy atom. The molecule has 0 saturated carbocycles. The van der Waals surface area contributed by atoms with Gasteiger partial charge in [0, 0.05) is 32.6 Å². The molecule has 0 aromatic heterocycles. The number of carbonyl (C=O) groups is 3. The Bertz CT molecular complexity index is 668. The number of aryl methyl sites for hydroxylation is 1. The fourth-order valence-corrected chi connectivity index (χ4v) is 3.15. The maximum atomic E-state index is 12.4. The van der Waals surface area contributed by atoms with E-state index in [9.17, 15) is 14.4 Å². The van der Waals surface area contributed by atoms with Gasteiger partial charge in [0.05, 0.1) is 0 Å². The maximum absolute atomic E-state index is 12.4. The van der Waals surface area contributed by atoms with E-state index in [-0.39, 0.29) is 24.3 Å². The van der Waals surface area contributed by atoms with Crippen LogP contribution in [-0.2, 0) is 14.4 Å². The van der Waals surface area contributed by atoms with Crippen LogP contribution in [0.3, 0.4) is 0 Å². The molecule has 1 aromatic carbocycles. The third-order valence-corrected chi connectivity index (χ3v) is 4.68. The first-order valence-electron chi connectivity index (χ1n) is 8.59. The smallest absolute Gasteiger partial charge is 0.260 e. The zero-order chi connectivity index (χ0) is 17.8. The Morgan fingerprint density at radius 2 is 1.84 bits per heavy atom. The van der Waals surface area contributed by atoms with Crippen LogP contribution in [0.25, 0.3) is 0 Å². The van der Waals surface area contributed by atoms with Gasteiger partial charge in [0.15, 0.2) is 6.61 Å². The molecule has 2 fully saturated rings. The number of para-hydroxylation sites is 1. The molecule has 2 aliphatic rings. The predicted molar refractivity (Wildman–Crippen MR) is 91.0 cm³/mol. The average Bonchev–Trinajstić information content (AvgIpc) is 3.07. The van der Waals surface area contributed by atoms with Crippen LogP contribution in [0.4, 0.5) is 0 Å². The Balaban J connectivity index is 1.45. The van der Waals surface area contributed by atoms with E-state index in [2.05, 4.69) is 5.32 Å². The van der Waals surface area contributed by atoms with Gasteiger partial charge in [-0.15, -0.1) is 0 Å². The lowest BCUT2D eigenvalue weighted by Gasteiger charge is -2.35. The Morgan fingerprint density at radius 3 is 2.48 bits per heavy atom. The third-order valence-electron chi connectivity index (χ3n) is 4.68. The molecule has 1 aromatic rings. The SMILES string of the molecule is Cc1ccccc1OCC(=O)N1CCN(C(=O)C2CCC(=O)N2)CC1. The number of amides is 3. The molecule has 3 rings (SSSR count). The van der Waals surface area contributed by atoms with Gasteiger partial charge in [-0.25, -0.2) is 0 Å². The summed E-state index contributed by atoms with van der Waals surface area (Å²) >= 11 is 0. The van der Waals surface area contributed by atoms with E-state index in [0.29, 0.717) is 44.8 Å². The van der Waals surface area contributed by atoms with Crippen molar-refractivity contribution in [2.45, 2.75) is 25.8 Å². The number of nitrogens with one attached hydrogen (secondary N) is 1. The van der Waals surface area contributed by atoms with Crippen molar-refractivity contribution in [1.29, 1.82) is 0 Å². The number of benzene rings is 1. The van der Waals surface area contributed by atoms with Gasteiger partial charge in [0.1, 0.15) is 11.8 Å². The number of rotatable bonds is 4. The van der Waals surface area contributed by atoms with Crippen molar-refractivity contribution in [3.05, 3.63) is 29.8 Å². The zero-order valence-corrected chi connectivity index (χ0v) is 14.4. The Hall–Kier alpha value is -2.57. The van der Waals surface area contributed by atoms with E-state index in [1.165, 1.54) is 0 Å². The summed E-state index contributed by atoms with van der Waals surface area (Å²) in [5.41, 5.74) is 0.990. The van der Waals surface area contributed by atoms with Gasteiger partial charge in [-0.3, -0.25) is 14.4 Å². The van der Waals surface area contributed by atoms with E-state index in [1.54, 1.807) is 9.80 Å². The molecule has 1 atom stereocenters. The fraction of sp³-hybridized carbons (Fsp3) is 0.500. The van der Waals surface area contributed by atoms with E-state index in [1.807, 2.05) is 31.2 Å². The summed E-state index contributed by atoms with van der Waals surface area (Å²) in [7, 11) is 0. The molecule has 0 radical (unpaired) electrons. The van der Waals surface area contributed by atoms with Crippen molar-refractivity contribution < 1.29 is 19.1 Å². The van der Waals surface area contributed by atoms with E-state index in [4.69, 9.17) is 4.74 Å². The van der Waals surface area contributed by atoms with E-state index < -0.39 is 6.04 Å². The summed E-state index contributed by atoms with van der Waals surface area (Å²) in [6.45, 7) is 3.89. The highest BCUT2D eigenvalue weighted by atomic mass is 16.5. The molecule has 0 spiro atoms. The van der Waals surface area contributed by atoms with Gasteiger partial charge >= 0.3 is 0 Å². The van der Waals surface area contributed by atoms with Gasteiger partial charge in [0.25, 0.3) is 5.91 Å². The summed E-state index contributed by atoms with van der Waals surface area (Å²) in [6.07, 6.45) is 0.964. The quantitative estimate of drug-likeness (QED) is 0.853. The van der Waals surface area contributed by atoms with Crippen molar-refractivity contribution in [1.82, 2.24) is 15.1 Å². The second-order valence-electron chi connectivity index (χ2n) is 6.42. The fourth-order valence-electron chi connectivity index (χ4n) is 3.15. The van der Waals surface area contributed by atoms with Gasteiger partial charge in [-0.05, 0) is 25.0 Å². The number of nitrogens with zero attached hydrogens (tertiary/aromatic N) is 2. The van der Waals surface area contributed by atoms with Gasteiger partial charge in [0.2, 0.25) is 11.8 Å². The zero-order valence-electron chi connectivity index (χ0n) is 14.4. The molecule has 134 valence electrons. The van der Waals surface area contributed by atoms with Crippen LogP contribution in [0, 0.1) is 6.92 Å². The standard InChI is InChI=1S/C18H23N3O4/c1-13-4-2-3-5-15(13)25-12-17(23)20-8-10-21(11-9-20)18(24)14-6-7-16(22)19-14/h2-5,14H,6-12H2,1H3,(H,19,22). The summed E-state index contributed by atoms with van der Waals surface area (Å²) in [5, 5.41) is 2.70. The largest absolute Gasteiger partial charge is 0.484 e. The first kappa shape index (κ1) is 17.3. The van der Waals surface area contributed by atoms with Crippen LogP contribution in [0.1, 0.15) is 18.4 Å². The summed E-state index contributed by atoms with van der Waals surface area (Å²) < 4.78 is 5.60. The van der Waals surface area contributed by atoms with Gasteiger partial charge in [-0.2, -0.15) is 0 Å². The maximum Gasteiger partial charge on any atom is 0.260 e. The van der Waals surface area contributed by atoms with Crippen LogP contribution in [-0.4, -0.2) is 66.3 Å². The minimum Gasteiger partial charge on any atom is -0.484 e. The molecule has 2 saturated heterocycles. The number of piperazine rings is 1. The number of hydrogen-bond donors (Lipinski definition) is 1. The average molecular weight is 345 g/mol. The predicted octanol–water partition coefficient (Wildman–Crippen LogP) is 0.323. The van der Waals surface area contributed by atoms with Crippen molar-refractivity contribution in [2.24, 2.45) is 0 Å². The molecule has 7 nitrogen and oxygen atoms in total. The highest BCUT2D eigenvalue weighted by Crippen LogP contribution is 2.16. The third kappa shape index (κ3) is 4.10. The first-order valence-corrected chi connectivity index (χ1v) is 8.59. The topological polar surface area (TPSA) is 79.0 Å². The second-order valence-corrected chi connectivity index (χ2v) is 6.42. The Kier molecular flexibility index (Phi) is 5.21. The Labute approximate surface area is 146 Å². The van der Waals surface area contributed by atoms with Gasteiger partial charge in [-0.1, -0.05) is 18.2 Å². The van der Waals surface area contributed by atoms with Crippen LogP contribution >= 0.6 is 0 Å². The van der Waals surface area contributed by atoms with E-state index in [0.717, 1.165) is 5.56 Å². The monoisotopic (exact) mass is 345 g/mol. The highest BCUT2D eigenvalue weighted by molar-refractivity contribution is 5.91. The molecule has 0 aliphatic carbocycles. The molecule has 25 heavy (non-hydrogen) atoms. The molecule has 2 aliphatic heterocycles. The van der Waals surface area contributed by atoms with Crippen molar-refractivity contribution in [2.75, 3.05) is 32.8 Å². The van der Waals surface area contributed by atoms with Crippen LogP contribution in [0.15, 0.2) is 24.3 Å². The molecule has 7 heteroatoms. The van der Waals surface area contributed by atoms with Crippen molar-refractivity contribution in [3.8, 4) is 5.75 Å². The first-order chi connectivity index (χ1) is 12.0. The molecular formula is C18H23N3O4. The molecule has 3 amide bonds. The molecular weight excluding hydrogens is 322 g/mol. The summed E-state index contributed by atoms with van der Waals surface area (Å²) in [5.74, 6) is 0.515. The van der Waals surface area contributed by atoms with Crippen LogP contribution in [0.2, 0.25) is 0 Å². The lowest BCUT2D eigenvalue weighted by Crippen LogP contribution is -2.55. The normalized spacial score (nSPS) is 20.4.